The van der Waals surface area contributed by atoms with E-state index in [2.05, 4.69) is 20.4 Å². The van der Waals surface area contributed by atoms with Gasteiger partial charge in [0.25, 0.3) is 0 Å². The van der Waals surface area contributed by atoms with Crippen molar-refractivity contribution in [1.82, 2.24) is 25.1 Å². The molecule has 32 heavy (non-hydrogen) atoms. The number of hydrogen-bond donors (Lipinski definition) is 2. The van der Waals surface area contributed by atoms with Gasteiger partial charge in [-0.2, -0.15) is 10.1 Å². The summed E-state index contributed by atoms with van der Waals surface area (Å²) in [6.45, 7) is 4.22. The number of carbonyl (C=O) groups is 1. The van der Waals surface area contributed by atoms with Gasteiger partial charge >= 0.3 is 0 Å². The van der Waals surface area contributed by atoms with Crippen LogP contribution in [-0.4, -0.2) is 57.3 Å². The molecule has 1 saturated heterocycles. The monoisotopic (exact) mass is 433 g/mol. The molecule has 0 spiro atoms. The Morgan fingerprint density at radius 2 is 2.09 bits per heavy atom. The number of aromatic nitrogens is 4. The van der Waals surface area contributed by atoms with Crippen molar-refractivity contribution in [2.75, 3.05) is 30.5 Å². The molecule has 9 nitrogen and oxygen atoms in total. The normalized spacial score (nSPS) is 17.6. The van der Waals surface area contributed by atoms with Crippen LogP contribution in [0.5, 0.6) is 0 Å². The van der Waals surface area contributed by atoms with E-state index in [-0.39, 0.29) is 11.9 Å². The highest BCUT2D eigenvalue weighted by Crippen LogP contribution is 2.32. The van der Waals surface area contributed by atoms with E-state index in [0.29, 0.717) is 37.3 Å². The predicted molar refractivity (Wildman–Crippen MR) is 122 cm³/mol. The number of fused-ring (bicyclic) bond motifs is 1. The number of hydrogen-bond acceptors (Lipinski definition) is 7. The van der Waals surface area contributed by atoms with Crippen molar-refractivity contribution in [3.05, 3.63) is 47.7 Å². The van der Waals surface area contributed by atoms with Crippen LogP contribution < -0.4 is 10.2 Å². The van der Waals surface area contributed by atoms with E-state index in [1.807, 2.05) is 36.4 Å². The van der Waals surface area contributed by atoms with Gasteiger partial charge in [-0.1, -0.05) is 30.3 Å². The Hall–Kier alpha value is -3.46. The average molecular weight is 434 g/mol. The van der Waals surface area contributed by atoms with Crippen LogP contribution in [-0.2, 0) is 22.6 Å². The highest BCUT2D eigenvalue weighted by Gasteiger charge is 2.29. The lowest BCUT2D eigenvalue weighted by atomic mass is 10.1. The summed E-state index contributed by atoms with van der Waals surface area (Å²) in [6.07, 6.45) is 2.15. The van der Waals surface area contributed by atoms with Crippen LogP contribution in [0.4, 0.5) is 17.6 Å². The molecule has 1 fully saturated rings. The molecule has 9 heteroatoms. The summed E-state index contributed by atoms with van der Waals surface area (Å²) in [5.41, 5.74) is 3.83. The summed E-state index contributed by atoms with van der Waals surface area (Å²) in [6, 6.07) is 12.3. The Bertz CT molecular complexity index is 1110. The highest BCUT2D eigenvalue weighted by molar-refractivity contribution is 5.75. The molecular weight excluding hydrogens is 406 g/mol. The maximum atomic E-state index is 11.8. The SMILES string of the molecule is COC[C@@H]1CCCN1c1nc(Nc2n[nH]c3c2CN(C(C)=O)C3)cc(-c2ccccc2)n1. The van der Waals surface area contributed by atoms with Gasteiger partial charge in [-0.3, -0.25) is 9.89 Å². The fourth-order valence-corrected chi connectivity index (χ4v) is 4.44. The van der Waals surface area contributed by atoms with Gasteiger partial charge in [-0.15, -0.1) is 0 Å². The maximum Gasteiger partial charge on any atom is 0.228 e. The number of nitrogens with zero attached hydrogens (tertiary/aromatic N) is 5. The largest absolute Gasteiger partial charge is 0.383 e. The lowest BCUT2D eigenvalue weighted by molar-refractivity contribution is -0.129. The zero-order valence-corrected chi connectivity index (χ0v) is 18.3. The van der Waals surface area contributed by atoms with Crippen molar-refractivity contribution < 1.29 is 9.53 Å². The fourth-order valence-electron chi connectivity index (χ4n) is 4.44. The number of carbonyl (C=O) groups excluding carboxylic acids is 1. The van der Waals surface area contributed by atoms with Crippen molar-refractivity contribution in [2.24, 2.45) is 0 Å². The Kier molecular flexibility index (Phi) is 5.48. The van der Waals surface area contributed by atoms with Crippen molar-refractivity contribution in [2.45, 2.75) is 38.9 Å². The second-order valence-corrected chi connectivity index (χ2v) is 8.28. The first-order chi connectivity index (χ1) is 15.6. The van der Waals surface area contributed by atoms with Gasteiger partial charge in [0.2, 0.25) is 11.9 Å². The van der Waals surface area contributed by atoms with Crippen molar-refractivity contribution >= 4 is 23.5 Å². The molecule has 0 saturated carbocycles. The van der Waals surface area contributed by atoms with Gasteiger partial charge in [-0.25, -0.2) is 4.98 Å². The first-order valence-electron chi connectivity index (χ1n) is 10.9. The second kappa shape index (κ2) is 8.58. The summed E-state index contributed by atoms with van der Waals surface area (Å²) < 4.78 is 5.43. The molecular formula is C23H27N7O2. The lowest BCUT2D eigenvalue weighted by Crippen LogP contribution is -2.34. The molecule has 2 aliphatic rings. The molecule has 2 aliphatic heterocycles. The molecule has 3 aromatic rings. The van der Waals surface area contributed by atoms with Gasteiger partial charge in [0, 0.05) is 37.8 Å². The lowest BCUT2D eigenvalue weighted by Gasteiger charge is -2.25. The maximum absolute atomic E-state index is 11.8. The van der Waals surface area contributed by atoms with Crippen LogP contribution in [0.25, 0.3) is 11.3 Å². The van der Waals surface area contributed by atoms with Gasteiger partial charge in [0.15, 0.2) is 5.82 Å². The first-order valence-corrected chi connectivity index (χ1v) is 10.9. The molecule has 0 bridgehead atoms. The van der Waals surface area contributed by atoms with E-state index < -0.39 is 0 Å². The summed E-state index contributed by atoms with van der Waals surface area (Å²) in [5.74, 6) is 2.11. The number of amides is 1. The van der Waals surface area contributed by atoms with Crippen LogP contribution in [0.1, 0.15) is 31.0 Å². The fraction of sp³-hybridized carbons (Fsp3) is 0.391. The van der Waals surface area contributed by atoms with Crippen LogP contribution in [0.15, 0.2) is 36.4 Å². The molecule has 1 aromatic carbocycles. The van der Waals surface area contributed by atoms with E-state index in [1.165, 1.54) is 0 Å². The number of ether oxygens (including phenoxy) is 1. The second-order valence-electron chi connectivity index (χ2n) is 8.28. The van der Waals surface area contributed by atoms with Gasteiger partial charge in [0.05, 0.1) is 37.1 Å². The smallest absolute Gasteiger partial charge is 0.228 e. The summed E-state index contributed by atoms with van der Waals surface area (Å²) >= 11 is 0. The quantitative estimate of drug-likeness (QED) is 0.616. The zero-order valence-electron chi connectivity index (χ0n) is 18.3. The van der Waals surface area contributed by atoms with E-state index >= 15 is 0 Å². The van der Waals surface area contributed by atoms with E-state index in [4.69, 9.17) is 14.7 Å². The summed E-state index contributed by atoms with van der Waals surface area (Å²) in [4.78, 5) is 25.5. The van der Waals surface area contributed by atoms with Gasteiger partial charge < -0.3 is 19.9 Å². The first kappa shape index (κ1) is 20.4. The zero-order chi connectivity index (χ0) is 22.1. The van der Waals surface area contributed by atoms with Crippen LogP contribution in [0, 0.1) is 0 Å². The number of methoxy groups -OCH3 is 1. The summed E-state index contributed by atoms with van der Waals surface area (Å²) in [5, 5.41) is 10.9. The van der Waals surface area contributed by atoms with E-state index in [0.717, 1.165) is 41.9 Å². The Balaban J connectivity index is 1.50. The third-order valence-electron chi connectivity index (χ3n) is 6.12. The molecule has 166 valence electrons. The standard InChI is InChI=1S/C23H27N7O2/c1-15(31)29-12-18-20(13-29)27-28-22(18)25-21-11-19(16-7-4-3-5-8-16)24-23(26-21)30-10-6-9-17(30)14-32-2/h3-5,7-8,11,17H,6,9-10,12-14H2,1-2H3,(H2,24,25,26,27,28)/t17-/m0/s1. The van der Waals surface area contributed by atoms with Crippen molar-refractivity contribution in [1.29, 1.82) is 0 Å². The minimum absolute atomic E-state index is 0.0504. The summed E-state index contributed by atoms with van der Waals surface area (Å²) in [7, 11) is 1.73. The van der Waals surface area contributed by atoms with Crippen LogP contribution in [0.3, 0.4) is 0 Å². The molecule has 1 atom stereocenters. The van der Waals surface area contributed by atoms with E-state index in [9.17, 15) is 4.79 Å². The number of aromatic amines is 1. The number of H-pyrrole nitrogens is 1. The number of rotatable bonds is 6. The number of benzene rings is 1. The number of nitrogens with one attached hydrogen (secondary N) is 2. The topological polar surface area (TPSA) is 99.3 Å². The van der Waals surface area contributed by atoms with Crippen molar-refractivity contribution in [3.8, 4) is 11.3 Å². The molecule has 2 N–H and O–H groups in total. The molecule has 1 amide bonds. The third-order valence-corrected chi connectivity index (χ3v) is 6.12. The average Bonchev–Trinajstić information content (AvgIpc) is 3.52. The molecule has 2 aromatic heterocycles. The molecule has 0 unspecified atom stereocenters. The van der Waals surface area contributed by atoms with Crippen LogP contribution >= 0.6 is 0 Å². The molecule has 4 heterocycles. The van der Waals surface area contributed by atoms with Gasteiger partial charge in [0.1, 0.15) is 5.82 Å². The van der Waals surface area contributed by atoms with Gasteiger partial charge in [-0.05, 0) is 12.8 Å². The Labute approximate surface area is 186 Å². The Morgan fingerprint density at radius 3 is 2.88 bits per heavy atom. The molecule has 0 radical (unpaired) electrons. The van der Waals surface area contributed by atoms with Crippen LogP contribution in [0.2, 0.25) is 0 Å². The molecule has 5 rings (SSSR count). The number of anilines is 3. The Morgan fingerprint density at radius 1 is 1.25 bits per heavy atom. The highest BCUT2D eigenvalue weighted by atomic mass is 16.5. The minimum atomic E-state index is 0.0504. The minimum Gasteiger partial charge on any atom is -0.383 e. The molecule has 0 aliphatic carbocycles. The third kappa shape index (κ3) is 3.91. The van der Waals surface area contributed by atoms with E-state index in [1.54, 1.807) is 18.9 Å². The predicted octanol–water partition coefficient (Wildman–Crippen LogP) is 3.09. The van der Waals surface area contributed by atoms with Crippen molar-refractivity contribution in [3.63, 3.8) is 0 Å².